The molecule has 5 nitrogen and oxygen atoms in total. The van der Waals surface area contributed by atoms with Crippen molar-refractivity contribution in [2.24, 2.45) is 0 Å². The smallest absolute Gasteiger partial charge is 0.266 e. The van der Waals surface area contributed by atoms with Gasteiger partial charge in [0.15, 0.2) is 0 Å². The van der Waals surface area contributed by atoms with Gasteiger partial charge in [0.25, 0.3) is 5.56 Å². The first-order valence-electron chi connectivity index (χ1n) is 6.87. The number of aryl methyl sites for hydroxylation is 2. The summed E-state index contributed by atoms with van der Waals surface area (Å²) in [5, 5.41) is 9.30. The first-order chi connectivity index (χ1) is 10.6. The van der Waals surface area contributed by atoms with E-state index in [1.807, 2.05) is 50.2 Å². The zero-order valence-electron chi connectivity index (χ0n) is 12.1. The summed E-state index contributed by atoms with van der Waals surface area (Å²) < 4.78 is 1.93. The quantitative estimate of drug-likeness (QED) is 0.542. The number of fused-ring (bicyclic) bond motifs is 3. The van der Waals surface area contributed by atoms with Crippen molar-refractivity contribution in [1.29, 1.82) is 0 Å². The maximum Gasteiger partial charge on any atom is 0.292 e. The summed E-state index contributed by atoms with van der Waals surface area (Å²) in [6, 6.07) is 11.3. The number of hydrogen-bond donors (Lipinski definition) is 0. The van der Waals surface area contributed by atoms with Gasteiger partial charge in [0.1, 0.15) is 15.0 Å². The van der Waals surface area contributed by atoms with Crippen LogP contribution in [0.15, 0.2) is 41.2 Å². The number of para-hydroxylation sites is 1. The molecule has 0 aliphatic carbocycles. The molecular weight excluding hydrogens is 296 g/mol. The van der Waals surface area contributed by atoms with Crippen molar-refractivity contribution in [3.63, 3.8) is 0 Å². The molecule has 3 aromatic heterocycles. The van der Waals surface area contributed by atoms with Gasteiger partial charge in [-0.25, -0.2) is 4.98 Å². The second-order valence-electron chi connectivity index (χ2n) is 5.18. The molecule has 0 unspecified atom stereocenters. The summed E-state index contributed by atoms with van der Waals surface area (Å²) in [4.78, 5) is 18.1. The van der Waals surface area contributed by atoms with Gasteiger partial charge in [-0.15, -0.1) is 16.4 Å². The Hall–Kier alpha value is -2.60. The fourth-order valence-electron chi connectivity index (χ4n) is 2.63. The SMILES string of the molecule is Cc1cc(C)c2c(n1)sc1c(=O)n(-c3ccccc3)nnc12. The Morgan fingerprint density at radius 3 is 2.68 bits per heavy atom. The van der Waals surface area contributed by atoms with Crippen LogP contribution in [-0.2, 0) is 0 Å². The van der Waals surface area contributed by atoms with E-state index >= 15 is 0 Å². The van der Waals surface area contributed by atoms with Crippen molar-refractivity contribution < 1.29 is 0 Å². The number of nitrogens with zero attached hydrogens (tertiary/aromatic N) is 4. The van der Waals surface area contributed by atoms with E-state index in [4.69, 9.17) is 0 Å². The van der Waals surface area contributed by atoms with Crippen molar-refractivity contribution in [2.45, 2.75) is 13.8 Å². The van der Waals surface area contributed by atoms with Gasteiger partial charge in [-0.1, -0.05) is 23.4 Å². The summed E-state index contributed by atoms with van der Waals surface area (Å²) in [5.74, 6) is 0. The van der Waals surface area contributed by atoms with Crippen molar-refractivity contribution >= 4 is 31.8 Å². The molecule has 0 saturated heterocycles. The molecule has 108 valence electrons. The minimum Gasteiger partial charge on any atom is -0.266 e. The summed E-state index contributed by atoms with van der Waals surface area (Å²) in [6.45, 7) is 3.96. The monoisotopic (exact) mass is 308 g/mol. The van der Waals surface area contributed by atoms with Gasteiger partial charge in [-0.3, -0.25) is 4.79 Å². The van der Waals surface area contributed by atoms with E-state index in [1.54, 1.807) is 0 Å². The lowest BCUT2D eigenvalue weighted by atomic mass is 10.1. The van der Waals surface area contributed by atoms with Crippen LogP contribution in [0.2, 0.25) is 0 Å². The molecule has 0 atom stereocenters. The van der Waals surface area contributed by atoms with Gasteiger partial charge in [-0.2, -0.15) is 4.68 Å². The Labute approximate surface area is 129 Å². The molecule has 1 aromatic carbocycles. The lowest BCUT2D eigenvalue weighted by molar-refractivity contribution is 0.740. The highest BCUT2D eigenvalue weighted by Crippen LogP contribution is 2.31. The highest BCUT2D eigenvalue weighted by atomic mass is 32.1. The minimum atomic E-state index is -0.156. The van der Waals surface area contributed by atoms with Gasteiger partial charge in [0.05, 0.1) is 5.69 Å². The van der Waals surface area contributed by atoms with E-state index in [9.17, 15) is 4.79 Å². The van der Waals surface area contributed by atoms with Crippen molar-refractivity contribution in [3.05, 3.63) is 58.0 Å². The molecule has 22 heavy (non-hydrogen) atoms. The molecule has 6 heteroatoms. The first-order valence-corrected chi connectivity index (χ1v) is 7.68. The molecule has 0 radical (unpaired) electrons. The predicted octanol–water partition coefficient (Wildman–Crippen LogP) is 3.01. The van der Waals surface area contributed by atoms with Crippen LogP contribution in [0.3, 0.4) is 0 Å². The summed E-state index contributed by atoms with van der Waals surface area (Å²) in [5.41, 5.74) is 3.20. The molecule has 0 aliphatic heterocycles. The number of thiophene rings is 1. The van der Waals surface area contributed by atoms with Crippen molar-refractivity contribution in [1.82, 2.24) is 20.0 Å². The fraction of sp³-hybridized carbons (Fsp3) is 0.125. The molecule has 0 fully saturated rings. The van der Waals surface area contributed by atoms with Crippen molar-refractivity contribution in [3.8, 4) is 5.69 Å². The normalized spacial score (nSPS) is 11.4. The second-order valence-corrected chi connectivity index (χ2v) is 6.18. The third-order valence-electron chi connectivity index (χ3n) is 3.58. The van der Waals surface area contributed by atoms with Crippen LogP contribution in [0.4, 0.5) is 0 Å². The molecule has 3 heterocycles. The number of aromatic nitrogens is 4. The zero-order chi connectivity index (χ0) is 15.3. The maximum atomic E-state index is 12.7. The zero-order valence-corrected chi connectivity index (χ0v) is 12.9. The molecule has 0 amide bonds. The maximum absolute atomic E-state index is 12.7. The molecular formula is C16H12N4OS. The Bertz CT molecular complexity index is 1070. The predicted molar refractivity (Wildman–Crippen MR) is 87.8 cm³/mol. The van der Waals surface area contributed by atoms with Crippen LogP contribution in [-0.4, -0.2) is 20.0 Å². The molecule has 0 saturated carbocycles. The van der Waals surface area contributed by atoms with Crippen LogP contribution >= 0.6 is 11.3 Å². The van der Waals surface area contributed by atoms with Crippen molar-refractivity contribution in [2.75, 3.05) is 0 Å². The van der Waals surface area contributed by atoms with E-state index in [0.717, 1.165) is 21.5 Å². The Morgan fingerprint density at radius 2 is 1.91 bits per heavy atom. The van der Waals surface area contributed by atoms with Gasteiger partial charge < -0.3 is 0 Å². The van der Waals surface area contributed by atoms with E-state index in [-0.39, 0.29) is 5.56 Å². The molecule has 4 aromatic rings. The summed E-state index contributed by atoms with van der Waals surface area (Å²) in [7, 11) is 0. The van der Waals surface area contributed by atoms with Crippen LogP contribution in [0.1, 0.15) is 11.3 Å². The van der Waals surface area contributed by atoms with E-state index in [2.05, 4.69) is 15.3 Å². The van der Waals surface area contributed by atoms with Crippen LogP contribution in [0.25, 0.3) is 26.1 Å². The Kier molecular flexibility index (Phi) is 2.80. The molecule has 0 aliphatic rings. The second kappa shape index (κ2) is 4.71. The third-order valence-corrected chi connectivity index (χ3v) is 4.64. The number of pyridine rings is 1. The van der Waals surface area contributed by atoms with Crippen LogP contribution in [0, 0.1) is 13.8 Å². The highest BCUT2D eigenvalue weighted by molar-refractivity contribution is 7.25. The fourth-order valence-corrected chi connectivity index (χ4v) is 3.78. The summed E-state index contributed by atoms with van der Waals surface area (Å²) in [6.07, 6.45) is 0. The molecule has 4 rings (SSSR count). The number of rotatable bonds is 1. The van der Waals surface area contributed by atoms with E-state index in [1.165, 1.54) is 16.0 Å². The lowest BCUT2D eigenvalue weighted by Crippen LogP contribution is -2.21. The molecule has 0 N–H and O–H groups in total. The number of hydrogen-bond acceptors (Lipinski definition) is 5. The van der Waals surface area contributed by atoms with E-state index in [0.29, 0.717) is 15.9 Å². The molecule has 0 spiro atoms. The average Bonchev–Trinajstić information content (AvgIpc) is 2.88. The summed E-state index contributed by atoms with van der Waals surface area (Å²) >= 11 is 1.38. The standard InChI is InChI=1S/C16H12N4OS/c1-9-8-10(2)17-15-12(9)13-14(22-15)16(21)20(19-18-13)11-6-4-3-5-7-11/h3-8H,1-2H3. The minimum absolute atomic E-state index is 0.156. The average molecular weight is 308 g/mol. The lowest BCUT2D eigenvalue weighted by Gasteiger charge is -2.02. The van der Waals surface area contributed by atoms with Gasteiger partial charge in [0.2, 0.25) is 0 Å². The highest BCUT2D eigenvalue weighted by Gasteiger charge is 2.16. The first kappa shape index (κ1) is 13.1. The van der Waals surface area contributed by atoms with Gasteiger partial charge in [-0.05, 0) is 37.6 Å². The number of benzene rings is 1. The largest absolute Gasteiger partial charge is 0.292 e. The molecule has 0 bridgehead atoms. The third kappa shape index (κ3) is 1.84. The topological polar surface area (TPSA) is 60.7 Å². The van der Waals surface area contributed by atoms with Crippen LogP contribution in [0.5, 0.6) is 0 Å². The Balaban J connectivity index is 2.11. The Morgan fingerprint density at radius 1 is 1.14 bits per heavy atom. The van der Waals surface area contributed by atoms with E-state index < -0.39 is 0 Å². The van der Waals surface area contributed by atoms with Gasteiger partial charge in [0, 0.05) is 11.1 Å². The van der Waals surface area contributed by atoms with Crippen LogP contribution < -0.4 is 5.56 Å². The van der Waals surface area contributed by atoms with Gasteiger partial charge >= 0.3 is 0 Å².